The molecule has 0 saturated carbocycles. The molecule has 2 aromatic rings. The highest BCUT2D eigenvalue weighted by atomic mass is 19.1. The third-order valence-corrected chi connectivity index (χ3v) is 3.22. The lowest BCUT2D eigenvalue weighted by atomic mass is 10.1. The lowest BCUT2D eigenvalue weighted by Crippen LogP contribution is -2.22. The van der Waals surface area contributed by atoms with Crippen LogP contribution in [0.25, 0.3) is 0 Å². The average Bonchev–Trinajstić information content (AvgIpc) is 2.47. The smallest absolute Gasteiger partial charge is 0.125 e. The zero-order chi connectivity index (χ0) is 15.4. The van der Waals surface area contributed by atoms with Crippen molar-refractivity contribution in [2.24, 2.45) is 5.73 Å². The van der Waals surface area contributed by atoms with Crippen molar-refractivity contribution in [2.45, 2.75) is 6.92 Å². The van der Waals surface area contributed by atoms with Gasteiger partial charge in [0, 0.05) is 23.9 Å². The number of nitrogens with zero attached hydrogens (tertiary/aromatic N) is 1. The molecule has 110 valence electrons. The molecule has 4 nitrogen and oxygen atoms in total. The van der Waals surface area contributed by atoms with Crippen LogP contribution in [0.15, 0.2) is 42.5 Å². The topological polar surface area (TPSA) is 62.3 Å². The number of rotatable bonds is 5. The van der Waals surface area contributed by atoms with E-state index in [4.69, 9.17) is 15.9 Å². The van der Waals surface area contributed by atoms with Gasteiger partial charge in [0.1, 0.15) is 17.4 Å². The van der Waals surface area contributed by atoms with Crippen molar-refractivity contribution in [3.63, 3.8) is 0 Å². The largest absolute Gasteiger partial charge is 0.497 e. The molecule has 0 aliphatic rings. The highest BCUT2D eigenvalue weighted by Crippen LogP contribution is 2.31. The van der Waals surface area contributed by atoms with E-state index in [2.05, 4.69) is 0 Å². The molecule has 0 radical (unpaired) electrons. The van der Waals surface area contributed by atoms with Crippen LogP contribution in [0.5, 0.6) is 5.75 Å². The Morgan fingerprint density at radius 3 is 2.62 bits per heavy atom. The summed E-state index contributed by atoms with van der Waals surface area (Å²) >= 11 is 0. The second-order valence-electron chi connectivity index (χ2n) is 4.52. The van der Waals surface area contributed by atoms with Crippen LogP contribution in [0.3, 0.4) is 0 Å². The van der Waals surface area contributed by atoms with Crippen LogP contribution in [-0.2, 0) is 0 Å². The highest BCUT2D eigenvalue weighted by molar-refractivity contribution is 6.01. The minimum absolute atomic E-state index is 0.0393. The molecular weight excluding hydrogens is 269 g/mol. The third-order valence-electron chi connectivity index (χ3n) is 3.22. The van der Waals surface area contributed by atoms with E-state index in [1.54, 1.807) is 31.4 Å². The summed E-state index contributed by atoms with van der Waals surface area (Å²) in [5.41, 5.74) is 7.65. The summed E-state index contributed by atoms with van der Waals surface area (Å²) in [6.07, 6.45) is 0. The van der Waals surface area contributed by atoms with Gasteiger partial charge >= 0.3 is 0 Å². The number of amidine groups is 1. The Bertz CT molecular complexity index is 658. The minimum Gasteiger partial charge on any atom is -0.497 e. The maximum absolute atomic E-state index is 13.5. The van der Waals surface area contributed by atoms with Gasteiger partial charge in [0.15, 0.2) is 0 Å². The van der Waals surface area contributed by atoms with Gasteiger partial charge in [-0.2, -0.15) is 0 Å². The van der Waals surface area contributed by atoms with E-state index < -0.39 is 0 Å². The maximum atomic E-state index is 13.5. The first-order valence-electron chi connectivity index (χ1n) is 6.62. The number of halogens is 1. The zero-order valence-corrected chi connectivity index (χ0v) is 12.1. The number of benzene rings is 2. The van der Waals surface area contributed by atoms with Crippen LogP contribution >= 0.6 is 0 Å². The van der Waals surface area contributed by atoms with Gasteiger partial charge in [-0.3, -0.25) is 5.41 Å². The van der Waals surface area contributed by atoms with Crippen molar-refractivity contribution in [2.75, 3.05) is 18.6 Å². The second kappa shape index (κ2) is 6.26. The number of hydrogen-bond acceptors (Lipinski definition) is 3. The number of nitrogen functional groups attached to an aromatic ring is 1. The number of anilines is 2. The van der Waals surface area contributed by atoms with Crippen LogP contribution in [0.1, 0.15) is 12.5 Å². The summed E-state index contributed by atoms with van der Waals surface area (Å²) < 4.78 is 18.7. The standard InChI is InChI=1S/C16H18FN3O/c1-3-20(12-6-4-5-11(17)9-12)15-10-13(21-2)7-8-14(15)16(18)19/h4-10H,3H2,1-2H3,(H3,18,19). The lowest BCUT2D eigenvalue weighted by Gasteiger charge is -2.26. The molecule has 0 aromatic heterocycles. The fraction of sp³-hybridized carbons (Fsp3) is 0.188. The molecule has 2 rings (SSSR count). The SMILES string of the molecule is CCN(c1cccc(F)c1)c1cc(OC)ccc1C(=N)N. The lowest BCUT2D eigenvalue weighted by molar-refractivity contribution is 0.415. The summed E-state index contributed by atoms with van der Waals surface area (Å²) in [5, 5.41) is 7.71. The average molecular weight is 287 g/mol. The monoisotopic (exact) mass is 287 g/mol. The molecule has 0 spiro atoms. The van der Waals surface area contributed by atoms with Crippen LogP contribution in [-0.4, -0.2) is 19.5 Å². The van der Waals surface area contributed by atoms with E-state index >= 15 is 0 Å². The Kier molecular flexibility index (Phi) is 4.42. The summed E-state index contributed by atoms with van der Waals surface area (Å²) in [6.45, 7) is 2.56. The highest BCUT2D eigenvalue weighted by Gasteiger charge is 2.15. The van der Waals surface area contributed by atoms with Gasteiger partial charge in [-0.1, -0.05) is 6.07 Å². The molecule has 0 aliphatic carbocycles. The fourth-order valence-corrected chi connectivity index (χ4v) is 2.23. The van der Waals surface area contributed by atoms with E-state index in [1.165, 1.54) is 12.1 Å². The van der Waals surface area contributed by atoms with Gasteiger partial charge < -0.3 is 15.4 Å². The predicted molar refractivity (Wildman–Crippen MR) is 83.1 cm³/mol. The number of methoxy groups -OCH3 is 1. The van der Waals surface area contributed by atoms with Crippen molar-refractivity contribution < 1.29 is 9.13 Å². The molecule has 0 saturated heterocycles. The normalized spacial score (nSPS) is 10.2. The molecule has 3 N–H and O–H groups in total. The first-order valence-corrected chi connectivity index (χ1v) is 6.62. The zero-order valence-electron chi connectivity index (χ0n) is 12.1. The Balaban J connectivity index is 2.57. The molecule has 5 heteroatoms. The van der Waals surface area contributed by atoms with E-state index in [9.17, 15) is 4.39 Å². The maximum Gasteiger partial charge on any atom is 0.125 e. The molecule has 2 aromatic carbocycles. The van der Waals surface area contributed by atoms with Crippen LogP contribution in [0.2, 0.25) is 0 Å². The Hall–Kier alpha value is -2.56. The summed E-state index contributed by atoms with van der Waals surface area (Å²) in [5.74, 6) is 0.311. The summed E-state index contributed by atoms with van der Waals surface area (Å²) in [6, 6.07) is 11.6. The number of nitrogens with two attached hydrogens (primary N) is 1. The van der Waals surface area contributed by atoms with Gasteiger partial charge in [0.2, 0.25) is 0 Å². The molecular formula is C16H18FN3O. The van der Waals surface area contributed by atoms with E-state index in [-0.39, 0.29) is 11.7 Å². The van der Waals surface area contributed by atoms with Crippen molar-refractivity contribution in [1.29, 1.82) is 5.41 Å². The third kappa shape index (κ3) is 3.13. The number of hydrogen-bond donors (Lipinski definition) is 2. The first-order chi connectivity index (χ1) is 10.1. The van der Waals surface area contributed by atoms with Crippen molar-refractivity contribution in [3.8, 4) is 5.75 Å². The van der Waals surface area contributed by atoms with Crippen molar-refractivity contribution >= 4 is 17.2 Å². The van der Waals surface area contributed by atoms with Gasteiger partial charge in [-0.05, 0) is 37.3 Å². The van der Waals surface area contributed by atoms with E-state index in [1.807, 2.05) is 17.9 Å². The quantitative estimate of drug-likeness (QED) is 0.655. The van der Waals surface area contributed by atoms with Crippen LogP contribution in [0, 0.1) is 11.2 Å². The molecule has 21 heavy (non-hydrogen) atoms. The molecule has 0 bridgehead atoms. The summed E-state index contributed by atoms with van der Waals surface area (Å²) in [4.78, 5) is 1.89. The molecule has 0 fully saturated rings. The Morgan fingerprint density at radius 2 is 2.05 bits per heavy atom. The summed E-state index contributed by atoms with van der Waals surface area (Å²) in [7, 11) is 1.57. The molecule has 0 unspecified atom stereocenters. The number of nitrogens with one attached hydrogen (secondary N) is 1. The van der Waals surface area contributed by atoms with E-state index in [0.29, 0.717) is 23.5 Å². The molecule has 0 amide bonds. The van der Waals surface area contributed by atoms with Gasteiger partial charge in [-0.15, -0.1) is 0 Å². The minimum atomic E-state index is -0.307. The van der Waals surface area contributed by atoms with E-state index in [0.717, 1.165) is 5.69 Å². The van der Waals surface area contributed by atoms with Crippen molar-refractivity contribution in [3.05, 3.63) is 53.8 Å². The van der Waals surface area contributed by atoms with Crippen LogP contribution in [0.4, 0.5) is 15.8 Å². The first kappa shape index (κ1) is 14.8. The molecule has 0 heterocycles. The number of ether oxygens (including phenoxy) is 1. The van der Waals surface area contributed by atoms with Crippen LogP contribution < -0.4 is 15.4 Å². The predicted octanol–water partition coefficient (Wildman–Crippen LogP) is 3.28. The second-order valence-corrected chi connectivity index (χ2v) is 4.52. The van der Waals surface area contributed by atoms with Gasteiger partial charge in [0.05, 0.1) is 12.8 Å². The molecule has 0 aliphatic heterocycles. The van der Waals surface area contributed by atoms with Gasteiger partial charge in [-0.25, -0.2) is 4.39 Å². The van der Waals surface area contributed by atoms with Crippen molar-refractivity contribution in [1.82, 2.24) is 0 Å². The Labute approximate surface area is 123 Å². The van der Waals surface area contributed by atoms with Gasteiger partial charge in [0.25, 0.3) is 0 Å². The molecule has 0 atom stereocenters. The fourth-order valence-electron chi connectivity index (χ4n) is 2.23. The Morgan fingerprint density at radius 1 is 1.29 bits per heavy atom.